The summed E-state index contributed by atoms with van der Waals surface area (Å²) >= 11 is 3.29. The molecule has 0 aliphatic rings. The molecule has 0 heterocycles. The Morgan fingerprint density at radius 2 is 1.81 bits per heavy atom. The van der Waals surface area contributed by atoms with E-state index in [1.807, 2.05) is 18.2 Å². The Bertz CT molecular complexity index is 782. The van der Waals surface area contributed by atoms with E-state index < -0.39 is 0 Å². The minimum absolute atomic E-state index is 0.183. The highest BCUT2D eigenvalue weighted by atomic mass is 79.9. The standard InChI is InChI=1S/C20H22BrNO4/c1-4-13-7-6-8-14(5-2)20(13)22-19(24)12-26-18-9-15(11-23)16(21)10-17(18)25-3/h6-11H,4-5,12H2,1-3H3,(H,22,24). The number of aldehydes is 1. The second kappa shape index (κ2) is 9.38. The molecule has 1 amide bonds. The lowest BCUT2D eigenvalue weighted by Gasteiger charge is -2.15. The lowest BCUT2D eigenvalue weighted by Crippen LogP contribution is -2.22. The second-order valence-electron chi connectivity index (χ2n) is 5.64. The molecule has 0 spiro atoms. The Hall–Kier alpha value is -2.34. The Labute approximate surface area is 161 Å². The van der Waals surface area contributed by atoms with Crippen LogP contribution in [0.5, 0.6) is 11.5 Å². The van der Waals surface area contributed by atoms with Gasteiger partial charge in [-0.3, -0.25) is 9.59 Å². The molecular formula is C20H22BrNO4. The van der Waals surface area contributed by atoms with Gasteiger partial charge in [-0.2, -0.15) is 0 Å². The molecule has 0 fully saturated rings. The highest BCUT2D eigenvalue weighted by Gasteiger charge is 2.14. The van der Waals surface area contributed by atoms with Crippen LogP contribution in [0.15, 0.2) is 34.8 Å². The van der Waals surface area contributed by atoms with Gasteiger partial charge >= 0.3 is 0 Å². The van der Waals surface area contributed by atoms with Crippen LogP contribution >= 0.6 is 15.9 Å². The van der Waals surface area contributed by atoms with E-state index in [0.29, 0.717) is 27.8 Å². The van der Waals surface area contributed by atoms with Crippen molar-refractivity contribution < 1.29 is 19.1 Å². The highest BCUT2D eigenvalue weighted by molar-refractivity contribution is 9.10. The third-order valence-corrected chi connectivity index (χ3v) is 4.72. The summed E-state index contributed by atoms with van der Waals surface area (Å²) < 4.78 is 11.4. The average molecular weight is 420 g/mol. The molecular weight excluding hydrogens is 398 g/mol. The number of methoxy groups -OCH3 is 1. The fourth-order valence-electron chi connectivity index (χ4n) is 2.64. The van der Waals surface area contributed by atoms with Crippen molar-refractivity contribution in [1.82, 2.24) is 0 Å². The molecule has 26 heavy (non-hydrogen) atoms. The van der Waals surface area contributed by atoms with Gasteiger partial charge in [0.2, 0.25) is 0 Å². The molecule has 2 aromatic rings. The summed E-state index contributed by atoms with van der Waals surface area (Å²) in [5.74, 6) is 0.518. The summed E-state index contributed by atoms with van der Waals surface area (Å²) in [6.45, 7) is 3.92. The van der Waals surface area contributed by atoms with E-state index in [4.69, 9.17) is 9.47 Å². The number of para-hydroxylation sites is 1. The topological polar surface area (TPSA) is 64.6 Å². The molecule has 0 unspecified atom stereocenters. The van der Waals surface area contributed by atoms with Crippen LogP contribution in [0.25, 0.3) is 0 Å². The Morgan fingerprint density at radius 3 is 2.35 bits per heavy atom. The number of carbonyl (C=O) groups excluding carboxylic acids is 2. The third kappa shape index (κ3) is 4.64. The zero-order valence-corrected chi connectivity index (χ0v) is 16.7. The number of aryl methyl sites for hydroxylation is 2. The van der Waals surface area contributed by atoms with Gasteiger partial charge in [0.25, 0.3) is 5.91 Å². The average Bonchev–Trinajstić information content (AvgIpc) is 2.66. The van der Waals surface area contributed by atoms with Gasteiger partial charge in [-0.1, -0.05) is 32.0 Å². The number of ether oxygens (including phenoxy) is 2. The molecule has 0 saturated heterocycles. The summed E-state index contributed by atoms with van der Waals surface area (Å²) in [5.41, 5.74) is 3.44. The molecule has 6 heteroatoms. The molecule has 0 aliphatic carbocycles. The number of benzene rings is 2. The molecule has 0 bridgehead atoms. The van der Waals surface area contributed by atoms with Gasteiger partial charge in [-0.05, 0) is 52.0 Å². The first-order chi connectivity index (χ1) is 12.5. The molecule has 1 N–H and O–H groups in total. The summed E-state index contributed by atoms with van der Waals surface area (Å²) in [6, 6.07) is 9.18. The zero-order valence-electron chi connectivity index (χ0n) is 15.1. The normalized spacial score (nSPS) is 10.3. The van der Waals surface area contributed by atoms with Gasteiger partial charge < -0.3 is 14.8 Å². The molecule has 138 valence electrons. The van der Waals surface area contributed by atoms with E-state index in [9.17, 15) is 9.59 Å². The van der Waals surface area contributed by atoms with E-state index in [-0.39, 0.29) is 12.5 Å². The summed E-state index contributed by atoms with van der Waals surface area (Å²) in [5, 5.41) is 2.95. The fraction of sp³-hybridized carbons (Fsp3) is 0.300. The molecule has 5 nitrogen and oxygen atoms in total. The van der Waals surface area contributed by atoms with Gasteiger partial charge in [0.05, 0.1) is 7.11 Å². The van der Waals surface area contributed by atoms with Crippen molar-refractivity contribution >= 4 is 33.8 Å². The largest absolute Gasteiger partial charge is 0.493 e. The van der Waals surface area contributed by atoms with Crippen molar-refractivity contribution in [1.29, 1.82) is 0 Å². The Morgan fingerprint density at radius 1 is 1.15 bits per heavy atom. The van der Waals surface area contributed by atoms with Crippen molar-refractivity contribution in [2.24, 2.45) is 0 Å². The Balaban J connectivity index is 2.14. The molecule has 0 aliphatic heterocycles. The first-order valence-corrected chi connectivity index (χ1v) is 9.19. The molecule has 0 saturated carbocycles. The van der Waals surface area contributed by atoms with E-state index >= 15 is 0 Å². The van der Waals surface area contributed by atoms with E-state index in [0.717, 1.165) is 29.7 Å². The maximum Gasteiger partial charge on any atom is 0.262 e. The number of rotatable bonds is 8. The molecule has 2 aromatic carbocycles. The van der Waals surface area contributed by atoms with Crippen molar-refractivity contribution in [3.8, 4) is 11.5 Å². The monoisotopic (exact) mass is 419 g/mol. The Kier molecular flexibility index (Phi) is 7.21. The van der Waals surface area contributed by atoms with Gasteiger partial charge in [-0.15, -0.1) is 0 Å². The van der Waals surface area contributed by atoms with Crippen LogP contribution in [-0.2, 0) is 17.6 Å². The summed E-state index contributed by atoms with van der Waals surface area (Å²) in [6.07, 6.45) is 2.36. The number of anilines is 1. The summed E-state index contributed by atoms with van der Waals surface area (Å²) in [4.78, 5) is 23.5. The molecule has 2 rings (SSSR count). The third-order valence-electron chi connectivity index (χ3n) is 4.03. The minimum Gasteiger partial charge on any atom is -0.493 e. The van der Waals surface area contributed by atoms with Crippen LogP contribution in [0.3, 0.4) is 0 Å². The number of amides is 1. The smallest absolute Gasteiger partial charge is 0.262 e. The van der Waals surface area contributed by atoms with Crippen LogP contribution in [-0.4, -0.2) is 25.9 Å². The van der Waals surface area contributed by atoms with E-state index in [1.54, 1.807) is 12.1 Å². The molecule has 0 aromatic heterocycles. The van der Waals surface area contributed by atoms with Crippen LogP contribution in [0.2, 0.25) is 0 Å². The van der Waals surface area contributed by atoms with Crippen molar-refractivity contribution in [2.75, 3.05) is 19.0 Å². The number of carbonyl (C=O) groups is 2. The molecule has 0 radical (unpaired) electrons. The summed E-state index contributed by atoms with van der Waals surface area (Å²) in [7, 11) is 1.50. The van der Waals surface area contributed by atoms with Crippen LogP contribution in [0.4, 0.5) is 5.69 Å². The minimum atomic E-state index is -0.266. The van der Waals surface area contributed by atoms with Crippen molar-refractivity contribution in [3.05, 3.63) is 51.5 Å². The van der Waals surface area contributed by atoms with Crippen molar-refractivity contribution in [3.63, 3.8) is 0 Å². The van der Waals surface area contributed by atoms with E-state index in [2.05, 4.69) is 35.1 Å². The SMILES string of the molecule is CCc1cccc(CC)c1NC(=O)COc1cc(C=O)c(Br)cc1OC. The van der Waals surface area contributed by atoms with Crippen LogP contribution in [0, 0.1) is 0 Å². The maximum atomic E-state index is 12.4. The van der Waals surface area contributed by atoms with Gasteiger partial charge in [0.15, 0.2) is 24.4 Å². The van der Waals surface area contributed by atoms with Crippen LogP contribution < -0.4 is 14.8 Å². The lowest BCUT2D eigenvalue weighted by atomic mass is 10.0. The van der Waals surface area contributed by atoms with Crippen LogP contribution in [0.1, 0.15) is 35.3 Å². The maximum absolute atomic E-state index is 12.4. The number of hydrogen-bond donors (Lipinski definition) is 1. The lowest BCUT2D eigenvalue weighted by molar-refractivity contribution is -0.118. The number of nitrogens with one attached hydrogen (secondary N) is 1. The quantitative estimate of drug-likeness (QED) is 0.643. The number of halogens is 1. The first kappa shape index (κ1) is 20.0. The van der Waals surface area contributed by atoms with Gasteiger partial charge in [0, 0.05) is 15.7 Å². The molecule has 0 atom stereocenters. The second-order valence-corrected chi connectivity index (χ2v) is 6.49. The van der Waals surface area contributed by atoms with Gasteiger partial charge in [-0.25, -0.2) is 0 Å². The predicted molar refractivity (Wildman–Crippen MR) is 105 cm³/mol. The fourth-order valence-corrected chi connectivity index (χ4v) is 3.05. The zero-order chi connectivity index (χ0) is 19.1. The van der Waals surface area contributed by atoms with Crippen molar-refractivity contribution in [2.45, 2.75) is 26.7 Å². The van der Waals surface area contributed by atoms with Gasteiger partial charge in [0.1, 0.15) is 0 Å². The number of hydrogen-bond acceptors (Lipinski definition) is 4. The predicted octanol–water partition coefficient (Wildman–Crippen LogP) is 4.41. The first-order valence-electron chi connectivity index (χ1n) is 8.40. The van der Waals surface area contributed by atoms with E-state index in [1.165, 1.54) is 7.11 Å². The highest BCUT2D eigenvalue weighted by Crippen LogP contribution is 2.33.